The van der Waals surface area contributed by atoms with Gasteiger partial charge < -0.3 is 0 Å². The first kappa shape index (κ1) is 12.2. The summed E-state index contributed by atoms with van der Waals surface area (Å²) in [5.74, 6) is 3.84. The zero-order valence-corrected chi connectivity index (χ0v) is 12.1. The number of carbonyl (C=O) groups excluding carboxylic acids is 1. The van der Waals surface area contributed by atoms with E-state index < -0.39 is 0 Å². The molecule has 1 nitrogen and oxygen atoms in total. The van der Waals surface area contributed by atoms with Gasteiger partial charge in [-0.1, -0.05) is 23.2 Å². The summed E-state index contributed by atoms with van der Waals surface area (Å²) in [6, 6.07) is 5.38. The van der Waals surface area contributed by atoms with Gasteiger partial charge in [-0.05, 0) is 66.7 Å². The van der Waals surface area contributed by atoms with E-state index in [-0.39, 0.29) is 0 Å². The maximum Gasteiger partial charge on any atom is 0.140 e. The van der Waals surface area contributed by atoms with Crippen molar-refractivity contribution < 1.29 is 4.79 Å². The zero-order valence-electron chi connectivity index (χ0n) is 10.6. The lowest BCUT2D eigenvalue weighted by molar-refractivity contribution is -0.120. The van der Waals surface area contributed by atoms with E-state index in [0.29, 0.717) is 40.0 Å². The lowest BCUT2D eigenvalue weighted by Gasteiger charge is -2.09. The molecule has 4 rings (SSSR count). The smallest absolute Gasteiger partial charge is 0.140 e. The molecule has 0 aromatic heterocycles. The molecule has 3 fully saturated rings. The Labute approximate surface area is 123 Å². The Morgan fingerprint density at radius 3 is 2.53 bits per heavy atom. The van der Waals surface area contributed by atoms with E-state index in [1.54, 1.807) is 12.1 Å². The number of rotatable bonds is 3. The third kappa shape index (κ3) is 1.86. The molecule has 0 saturated heterocycles. The van der Waals surface area contributed by atoms with Gasteiger partial charge in [-0.2, -0.15) is 0 Å². The Morgan fingerprint density at radius 1 is 1.16 bits per heavy atom. The molecule has 0 spiro atoms. The minimum Gasteiger partial charge on any atom is -0.299 e. The molecule has 1 aromatic rings. The molecule has 4 atom stereocenters. The highest BCUT2D eigenvalue weighted by Crippen LogP contribution is 2.69. The first-order valence-electron chi connectivity index (χ1n) is 7.12. The van der Waals surface area contributed by atoms with Gasteiger partial charge in [-0.25, -0.2) is 0 Å². The van der Waals surface area contributed by atoms with Crippen LogP contribution in [-0.2, 0) is 11.2 Å². The summed E-state index contributed by atoms with van der Waals surface area (Å²) in [5, 5.41) is 1.31. The van der Waals surface area contributed by atoms with Gasteiger partial charge in [-0.15, -0.1) is 0 Å². The molecule has 0 aliphatic heterocycles. The fourth-order valence-corrected chi connectivity index (χ4v) is 5.12. The highest BCUT2D eigenvalue weighted by Gasteiger charge is 2.66. The van der Waals surface area contributed by atoms with Crippen LogP contribution in [0.2, 0.25) is 10.0 Å². The molecule has 1 aromatic carbocycles. The van der Waals surface area contributed by atoms with Crippen LogP contribution < -0.4 is 0 Å². The van der Waals surface area contributed by atoms with Crippen molar-refractivity contribution in [2.45, 2.75) is 25.7 Å². The molecule has 2 bridgehead atoms. The van der Waals surface area contributed by atoms with Crippen molar-refractivity contribution in [2.24, 2.45) is 29.6 Å². The van der Waals surface area contributed by atoms with Gasteiger partial charge in [0.05, 0.1) is 0 Å². The fourth-order valence-electron chi connectivity index (χ4n) is 4.74. The summed E-state index contributed by atoms with van der Waals surface area (Å²) < 4.78 is 0. The van der Waals surface area contributed by atoms with E-state index in [2.05, 4.69) is 0 Å². The van der Waals surface area contributed by atoms with Crippen LogP contribution in [0.5, 0.6) is 0 Å². The Bertz CT molecular complexity index is 538. The van der Waals surface area contributed by atoms with Crippen LogP contribution in [-0.4, -0.2) is 5.78 Å². The average molecular weight is 295 g/mol. The molecule has 3 saturated carbocycles. The summed E-state index contributed by atoms with van der Waals surface area (Å²) >= 11 is 12.1. The maximum atomic E-state index is 12.5. The van der Waals surface area contributed by atoms with Gasteiger partial charge in [0.2, 0.25) is 0 Å². The number of hydrogen-bond acceptors (Lipinski definition) is 1. The molecule has 4 unspecified atom stereocenters. The van der Waals surface area contributed by atoms with Crippen molar-refractivity contribution in [3.05, 3.63) is 33.8 Å². The predicted octanol–water partition coefficient (Wildman–Crippen LogP) is 4.40. The van der Waals surface area contributed by atoms with Crippen LogP contribution in [0.3, 0.4) is 0 Å². The molecular weight excluding hydrogens is 279 g/mol. The van der Waals surface area contributed by atoms with Crippen molar-refractivity contribution in [3.63, 3.8) is 0 Å². The molecule has 0 heterocycles. The van der Waals surface area contributed by atoms with Crippen molar-refractivity contribution in [1.82, 2.24) is 0 Å². The van der Waals surface area contributed by atoms with Gasteiger partial charge in [0.1, 0.15) is 5.78 Å². The number of hydrogen-bond donors (Lipinski definition) is 0. The van der Waals surface area contributed by atoms with Crippen LogP contribution in [0, 0.1) is 29.6 Å². The summed E-state index contributed by atoms with van der Waals surface area (Å²) in [6.45, 7) is 0. The summed E-state index contributed by atoms with van der Waals surface area (Å²) in [6.07, 6.45) is 4.55. The van der Waals surface area contributed by atoms with Gasteiger partial charge in [0.25, 0.3) is 0 Å². The highest BCUT2D eigenvalue weighted by molar-refractivity contribution is 6.33. The Hall–Kier alpha value is -0.530. The number of benzene rings is 1. The molecule has 0 N–H and O–H groups in total. The third-order valence-electron chi connectivity index (χ3n) is 5.48. The van der Waals surface area contributed by atoms with Crippen molar-refractivity contribution in [3.8, 4) is 0 Å². The van der Waals surface area contributed by atoms with E-state index >= 15 is 0 Å². The van der Waals surface area contributed by atoms with Crippen LogP contribution in [0.15, 0.2) is 18.2 Å². The largest absolute Gasteiger partial charge is 0.299 e. The van der Waals surface area contributed by atoms with E-state index in [4.69, 9.17) is 23.2 Å². The first-order valence-corrected chi connectivity index (χ1v) is 7.87. The molecule has 3 aliphatic rings. The number of carbonyl (C=O) groups is 1. The molecule has 19 heavy (non-hydrogen) atoms. The summed E-state index contributed by atoms with van der Waals surface area (Å²) in [5.41, 5.74) is 0.886. The Balaban J connectivity index is 1.50. The highest BCUT2D eigenvalue weighted by atomic mass is 35.5. The minimum absolute atomic E-state index is 0.335. The molecule has 3 aliphatic carbocycles. The molecule has 3 heteroatoms. The number of fused-ring (bicyclic) bond motifs is 5. The van der Waals surface area contributed by atoms with E-state index in [0.717, 1.165) is 17.4 Å². The topological polar surface area (TPSA) is 17.1 Å². The third-order valence-corrected chi connectivity index (χ3v) is 6.08. The average Bonchev–Trinajstić information content (AvgIpc) is 2.83. The minimum atomic E-state index is 0.335. The summed E-state index contributed by atoms with van der Waals surface area (Å²) in [4.78, 5) is 12.5. The molecular formula is C16H16Cl2O. The van der Waals surface area contributed by atoms with Gasteiger partial charge in [0.15, 0.2) is 0 Å². The van der Waals surface area contributed by atoms with Gasteiger partial charge in [0, 0.05) is 22.4 Å². The first-order chi connectivity index (χ1) is 9.15. The molecule has 100 valence electrons. The SMILES string of the molecule is O=C(Cc1cc(Cl)ccc1Cl)C1C2C3CCC(C3)C12. The Kier molecular flexibility index (Phi) is 2.72. The van der Waals surface area contributed by atoms with E-state index in [9.17, 15) is 4.79 Å². The second-order valence-corrected chi connectivity index (χ2v) is 7.24. The zero-order chi connectivity index (χ0) is 13.1. The number of halogens is 2. The molecule has 0 radical (unpaired) electrons. The van der Waals surface area contributed by atoms with Gasteiger partial charge >= 0.3 is 0 Å². The summed E-state index contributed by atoms with van der Waals surface area (Å²) in [7, 11) is 0. The van der Waals surface area contributed by atoms with Crippen LogP contribution in [0.1, 0.15) is 24.8 Å². The fraction of sp³-hybridized carbons (Fsp3) is 0.562. The van der Waals surface area contributed by atoms with Crippen LogP contribution in [0.4, 0.5) is 0 Å². The molecule has 0 amide bonds. The lowest BCUT2D eigenvalue weighted by atomic mass is 9.96. The lowest BCUT2D eigenvalue weighted by Crippen LogP contribution is -2.12. The second kappa shape index (κ2) is 4.23. The predicted molar refractivity (Wildman–Crippen MR) is 76.5 cm³/mol. The van der Waals surface area contributed by atoms with E-state index in [1.807, 2.05) is 6.07 Å². The van der Waals surface area contributed by atoms with E-state index in [1.165, 1.54) is 19.3 Å². The van der Waals surface area contributed by atoms with Crippen molar-refractivity contribution in [1.29, 1.82) is 0 Å². The van der Waals surface area contributed by atoms with Crippen LogP contribution in [0.25, 0.3) is 0 Å². The number of ketones is 1. The van der Waals surface area contributed by atoms with Crippen LogP contribution >= 0.6 is 23.2 Å². The quantitative estimate of drug-likeness (QED) is 0.808. The maximum absolute atomic E-state index is 12.5. The van der Waals surface area contributed by atoms with Crippen molar-refractivity contribution >= 4 is 29.0 Å². The monoisotopic (exact) mass is 294 g/mol. The van der Waals surface area contributed by atoms with Crippen molar-refractivity contribution in [2.75, 3.05) is 0 Å². The Morgan fingerprint density at radius 2 is 1.84 bits per heavy atom. The second-order valence-electron chi connectivity index (χ2n) is 6.39. The normalized spacial score (nSPS) is 38.3. The number of Topliss-reactive ketones (excluding diaryl/α,β-unsaturated/α-hetero) is 1. The van der Waals surface area contributed by atoms with Gasteiger partial charge in [-0.3, -0.25) is 4.79 Å². The standard InChI is InChI=1S/C16H16Cl2O/c17-11-3-4-12(18)10(6-11)7-13(19)16-14-8-1-2-9(5-8)15(14)16/h3-4,6,8-9,14-16H,1-2,5,7H2.